The van der Waals surface area contributed by atoms with E-state index in [1.807, 2.05) is 27.2 Å². The molecule has 3 N–H and O–H groups in total. The van der Waals surface area contributed by atoms with Crippen LogP contribution in [-0.4, -0.2) is 73.4 Å². The molecule has 0 fully saturated rings. The van der Waals surface area contributed by atoms with Crippen molar-refractivity contribution >= 4 is 13.7 Å². The number of nitrogens with zero attached hydrogens (tertiary/aromatic N) is 1. The average Bonchev–Trinajstić information content (AvgIpc) is 2.94. The molecule has 0 rings (SSSR count). The number of likely N-dealkylation sites (N-methyl/N-ethyl adjacent to an activating group) is 1. The molecule has 1 amide bonds. The van der Waals surface area contributed by atoms with Crippen molar-refractivity contribution in [1.82, 2.24) is 5.32 Å². The van der Waals surface area contributed by atoms with Gasteiger partial charge in [0.2, 0.25) is 5.91 Å². The number of carbonyl (C=O) groups excluding carboxylic acids is 1. The van der Waals surface area contributed by atoms with E-state index in [1.54, 1.807) is 6.08 Å². The number of phosphoric ester groups is 1. The third-order valence-corrected chi connectivity index (χ3v) is 8.41. The van der Waals surface area contributed by atoms with Gasteiger partial charge in [0.1, 0.15) is 13.2 Å². The van der Waals surface area contributed by atoms with Crippen molar-refractivity contribution in [3.8, 4) is 0 Å². The molecule has 3 unspecified atom stereocenters. The standard InChI is InChI=1S/C34H67N2O6P/c1-6-8-10-12-14-16-17-18-19-20-22-24-26-28-34(38)35-32(31-42-43(39,40)41-30-29-36(3,4)5)33(37)27-25-23-21-15-13-11-9-7-2/h13,15,25,27,32-33,37H,6-12,14,16-24,26,28-31H2,1-5H3,(H-,35,38,39,40)/p+1/b15-13+,27-25+. The van der Waals surface area contributed by atoms with Crippen molar-refractivity contribution in [2.24, 2.45) is 0 Å². The van der Waals surface area contributed by atoms with Gasteiger partial charge in [-0.3, -0.25) is 13.8 Å². The first-order chi connectivity index (χ1) is 20.5. The highest BCUT2D eigenvalue weighted by Gasteiger charge is 2.27. The smallest absolute Gasteiger partial charge is 0.387 e. The minimum atomic E-state index is -4.32. The quantitative estimate of drug-likeness (QED) is 0.0319. The summed E-state index contributed by atoms with van der Waals surface area (Å²) in [6.45, 7) is 4.68. The van der Waals surface area contributed by atoms with Crippen molar-refractivity contribution in [1.29, 1.82) is 0 Å². The van der Waals surface area contributed by atoms with Gasteiger partial charge in [-0.25, -0.2) is 4.57 Å². The van der Waals surface area contributed by atoms with Crippen LogP contribution in [-0.2, 0) is 18.4 Å². The van der Waals surface area contributed by atoms with Gasteiger partial charge < -0.3 is 19.8 Å². The van der Waals surface area contributed by atoms with E-state index < -0.39 is 20.0 Å². The molecule has 0 saturated carbocycles. The Morgan fingerprint density at radius 2 is 1.28 bits per heavy atom. The molecule has 9 heteroatoms. The number of hydrogen-bond donors (Lipinski definition) is 3. The van der Waals surface area contributed by atoms with Gasteiger partial charge in [-0.2, -0.15) is 0 Å². The van der Waals surface area contributed by atoms with Crippen molar-refractivity contribution in [3.05, 3.63) is 24.3 Å². The number of allylic oxidation sites excluding steroid dienone is 3. The molecule has 0 aliphatic heterocycles. The minimum Gasteiger partial charge on any atom is -0.387 e. The van der Waals surface area contributed by atoms with Crippen molar-refractivity contribution in [2.45, 2.75) is 148 Å². The first-order valence-corrected chi connectivity index (χ1v) is 18.7. The van der Waals surface area contributed by atoms with Gasteiger partial charge in [-0.1, -0.05) is 128 Å². The van der Waals surface area contributed by atoms with E-state index in [4.69, 9.17) is 9.05 Å². The second-order valence-corrected chi connectivity index (χ2v) is 14.3. The van der Waals surface area contributed by atoms with Crippen LogP contribution in [0.15, 0.2) is 24.3 Å². The topological polar surface area (TPSA) is 105 Å². The summed E-state index contributed by atoms with van der Waals surface area (Å²) in [5.41, 5.74) is 0. The van der Waals surface area contributed by atoms with Crippen LogP contribution in [0.1, 0.15) is 136 Å². The number of nitrogens with one attached hydrogen (secondary N) is 1. The van der Waals surface area contributed by atoms with Crippen LogP contribution in [0, 0.1) is 0 Å². The number of rotatable bonds is 30. The maximum atomic E-state index is 12.7. The number of aliphatic hydroxyl groups is 1. The minimum absolute atomic E-state index is 0.0571. The zero-order valence-electron chi connectivity index (χ0n) is 28.4. The van der Waals surface area contributed by atoms with Crippen LogP contribution >= 0.6 is 7.82 Å². The first-order valence-electron chi connectivity index (χ1n) is 17.2. The number of carbonyl (C=O) groups is 1. The van der Waals surface area contributed by atoms with Gasteiger partial charge >= 0.3 is 7.82 Å². The summed E-state index contributed by atoms with van der Waals surface area (Å²) in [7, 11) is 1.55. The molecule has 0 aliphatic carbocycles. The number of unbranched alkanes of at least 4 members (excludes halogenated alkanes) is 15. The molecule has 3 atom stereocenters. The maximum Gasteiger partial charge on any atom is 0.472 e. The Morgan fingerprint density at radius 1 is 0.767 bits per heavy atom. The van der Waals surface area contributed by atoms with E-state index in [2.05, 4.69) is 31.3 Å². The normalized spacial score (nSPS) is 15.2. The number of aliphatic hydroxyl groups excluding tert-OH is 1. The number of quaternary nitrogens is 1. The van der Waals surface area contributed by atoms with E-state index in [0.717, 1.165) is 38.5 Å². The molecular formula is C34H68N2O6P+. The summed E-state index contributed by atoms with van der Waals surface area (Å²) in [6.07, 6.45) is 28.2. The molecule has 0 bridgehead atoms. The molecular weight excluding hydrogens is 563 g/mol. The molecule has 254 valence electrons. The van der Waals surface area contributed by atoms with Gasteiger partial charge in [0.25, 0.3) is 0 Å². The van der Waals surface area contributed by atoms with Gasteiger partial charge in [-0.15, -0.1) is 0 Å². The third-order valence-electron chi connectivity index (χ3n) is 7.42. The fourth-order valence-electron chi connectivity index (χ4n) is 4.57. The lowest BCUT2D eigenvalue weighted by atomic mass is 10.0. The molecule has 0 spiro atoms. The predicted octanol–water partition coefficient (Wildman–Crippen LogP) is 8.24. The lowest BCUT2D eigenvalue weighted by Crippen LogP contribution is -2.45. The first kappa shape index (κ1) is 42.0. The fraction of sp³-hybridized carbons (Fsp3) is 0.853. The molecule has 8 nitrogen and oxygen atoms in total. The highest BCUT2D eigenvalue weighted by atomic mass is 31.2. The summed E-state index contributed by atoms with van der Waals surface area (Å²) in [6, 6.07) is -0.853. The van der Waals surface area contributed by atoms with Crippen molar-refractivity contribution < 1.29 is 32.9 Å². The molecule has 0 aromatic carbocycles. The highest BCUT2D eigenvalue weighted by Crippen LogP contribution is 2.43. The van der Waals surface area contributed by atoms with Gasteiger partial charge in [0.05, 0.1) is 39.9 Å². The summed E-state index contributed by atoms with van der Waals surface area (Å²) in [5.74, 6) is -0.193. The van der Waals surface area contributed by atoms with E-state index in [-0.39, 0.29) is 19.1 Å². The van der Waals surface area contributed by atoms with Crippen molar-refractivity contribution in [3.63, 3.8) is 0 Å². The van der Waals surface area contributed by atoms with Crippen LogP contribution in [0.3, 0.4) is 0 Å². The summed E-state index contributed by atoms with van der Waals surface area (Å²) >= 11 is 0. The van der Waals surface area contributed by atoms with Gasteiger partial charge in [0.15, 0.2) is 0 Å². The van der Waals surface area contributed by atoms with E-state index >= 15 is 0 Å². The zero-order chi connectivity index (χ0) is 32.2. The summed E-state index contributed by atoms with van der Waals surface area (Å²) in [5, 5.41) is 13.6. The lowest BCUT2D eigenvalue weighted by molar-refractivity contribution is -0.870. The van der Waals surface area contributed by atoms with Gasteiger partial charge in [0, 0.05) is 6.42 Å². The Morgan fingerprint density at radius 3 is 1.84 bits per heavy atom. The molecule has 0 saturated heterocycles. The molecule has 0 radical (unpaired) electrons. The molecule has 43 heavy (non-hydrogen) atoms. The molecule has 0 aromatic rings. The van der Waals surface area contributed by atoms with Crippen LogP contribution in [0.25, 0.3) is 0 Å². The zero-order valence-corrected chi connectivity index (χ0v) is 29.3. The predicted molar refractivity (Wildman–Crippen MR) is 180 cm³/mol. The maximum absolute atomic E-state index is 12.7. The second-order valence-electron chi connectivity index (χ2n) is 12.9. The lowest BCUT2D eigenvalue weighted by Gasteiger charge is -2.25. The average molecular weight is 632 g/mol. The Kier molecular flexibility index (Phi) is 26.7. The Bertz CT molecular complexity index is 768. The van der Waals surface area contributed by atoms with E-state index in [9.17, 15) is 19.4 Å². The van der Waals surface area contributed by atoms with Gasteiger partial charge in [-0.05, 0) is 25.7 Å². The Hall–Kier alpha value is -1.02. The molecule has 0 aliphatic rings. The Balaban J connectivity index is 4.56. The third kappa shape index (κ3) is 29.5. The SMILES string of the molecule is CCCC/C=C/CC/C=C/C(O)C(COP(=O)(O)OCC[N+](C)(C)C)NC(=O)CCCCCCCCCCCCCCC. The number of hydrogen-bond acceptors (Lipinski definition) is 5. The van der Waals surface area contributed by atoms with Crippen LogP contribution in [0.4, 0.5) is 0 Å². The van der Waals surface area contributed by atoms with Crippen LogP contribution in [0.2, 0.25) is 0 Å². The number of phosphoric acid groups is 1. The Labute approximate surface area is 264 Å². The largest absolute Gasteiger partial charge is 0.472 e. The fourth-order valence-corrected chi connectivity index (χ4v) is 5.31. The summed E-state index contributed by atoms with van der Waals surface area (Å²) < 4.78 is 23.3. The number of amides is 1. The molecule has 0 heterocycles. The van der Waals surface area contributed by atoms with Crippen LogP contribution in [0.5, 0.6) is 0 Å². The van der Waals surface area contributed by atoms with E-state index in [1.165, 1.54) is 77.0 Å². The monoisotopic (exact) mass is 631 g/mol. The second kappa shape index (κ2) is 27.3. The van der Waals surface area contributed by atoms with Crippen LogP contribution < -0.4 is 5.32 Å². The van der Waals surface area contributed by atoms with Crippen molar-refractivity contribution in [2.75, 3.05) is 40.9 Å². The highest BCUT2D eigenvalue weighted by molar-refractivity contribution is 7.47. The summed E-state index contributed by atoms with van der Waals surface area (Å²) in [4.78, 5) is 22.8. The molecule has 0 aromatic heterocycles. The van der Waals surface area contributed by atoms with E-state index in [0.29, 0.717) is 17.4 Å².